The first-order chi connectivity index (χ1) is 11.1. The Kier molecular flexibility index (Phi) is 6.31. The molecular formula is C16H18ClN3O3. The zero-order valence-corrected chi connectivity index (χ0v) is 13.3. The van der Waals surface area contributed by atoms with Crippen molar-refractivity contribution in [1.29, 1.82) is 0 Å². The lowest BCUT2D eigenvalue weighted by atomic mass is 10.2. The van der Waals surface area contributed by atoms with Crippen LogP contribution >= 0.6 is 11.6 Å². The van der Waals surface area contributed by atoms with Gasteiger partial charge in [0.25, 0.3) is 11.5 Å². The van der Waals surface area contributed by atoms with Crippen molar-refractivity contribution in [3.63, 3.8) is 0 Å². The molecule has 0 unspecified atom stereocenters. The number of aliphatic hydroxyl groups is 1. The summed E-state index contributed by atoms with van der Waals surface area (Å²) in [6.45, 7) is 0.598. The van der Waals surface area contributed by atoms with E-state index < -0.39 is 11.5 Å². The second-order valence-electron chi connectivity index (χ2n) is 5.02. The molecule has 1 amide bonds. The van der Waals surface area contributed by atoms with Crippen LogP contribution in [-0.2, 0) is 0 Å². The zero-order chi connectivity index (χ0) is 16.7. The molecule has 0 aliphatic rings. The number of benzene rings is 1. The fraction of sp³-hybridized carbons (Fsp3) is 0.312. The molecule has 1 aromatic heterocycles. The molecule has 7 heteroatoms. The highest BCUT2D eigenvalue weighted by molar-refractivity contribution is 6.30. The molecule has 0 saturated carbocycles. The van der Waals surface area contributed by atoms with Crippen LogP contribution in [0.1, 0.15) is 29.6 Å². The summed E-state index contributed by atoms with van der Waals surface area (Å²) in [5, 5.41) is 11.9. The van der Waals surface area contributed by atoms with E-state index in [0.29, 0.717) is 29.4 Å². The average Bonchev–Trinajstić information content (AvgIpc) is 2.55. The van der Waals surface area contributed by atoms with E-state index in [1.807, 2.05) is 0 Å². The third kappa shape index (κ3) is 4.91. The number of rotatable bonds is 7. The van der Waals surface area contributed by atoms with Gasteiger partial charge in [-0.1, -0.05) is 11.6 Å². The third-order valence-electron chi connectivity index (χ3n) is 3.28. The summed E-state index contributed by atoms with van der Waals surface area (Å²) in [5.41, 5.74) is 0.199. The topological polar surface area (TPSA) is 95.1 Å². The lowest BCUT2D eigenvalue weighted by molar-refractivity contribution is 0.0951. The second kappa shape index (κ2) is 8.45. The first-order valence-electron chi connectivity index (χ1n) is 7.36. The summed E-state index contributed by atoms with van der Waals surface area (Å²) >= 11 is 5.82. The van der Waals surface area contributed by atoms with Crippen LogP contribution in [0.5, 0.6) is 0 Å². The first kappa shape index (κ1) is 17.2. The number of nitrogens with zero attached hydrogens (tertiary/aromatic N) is 1. The largest absolute Gasteiger partial charge is 0.396 e. The van der Waals surface area contributed by atoms with Gasteiger partial charge in [0.15, 0.2) is 0 Å². The molecule has 0 aliphatic carbocycles. The van der Waals surface area contributed by atoms with Gasteiger partial charge < -0.3 is 15.4 Å². The molecule has 0 fully saturated rings. The van der Waals surface area contributed by atoms with Gasteiger partial charge >= 0.3 is 0 Å². The van der Waals surface area contributed by atoms with E-state index in [2.05, 4.69) is 15.3 Å². The predicted molar refractivity (Wildman–Crippen MR) is 88.6 cm³/mol. The van der Waals surface area contributed by atoms with E-state index in [0.717, 1.165) is 12.8 Å². The number of H-pyrrole nitrogens is 1. The Labute approximate surface area is 138 Å². The number of hydrogen-bond acceptors (Lipinski definition) is 4. The van der Waals surface area contributed by atoms with Crippen LogP contribution in [-0.4, -0.2) is 34.1 Å². The normalized spacial score (nSPS) is 10.5. The Hall–Kier alpha value is -2.18. The average molecular weight is 336 g/mol. The summed E-state index contributed by atoms with van der Waals surface area (Å²) < 4.78 is 0. The van der Waals surface area contributed by atoms with Gasteiger partial charge in [-0.05, 0) is 43.5 Å². The first-order valence-corrected chi connectivity index (χ1v) is 7.74. The number of nitrogens with one attached hydrogen (secondary N) is 2. The van der Waals surface area contributed by atoms with Gasteiger partial charge in [0, 0.05) is 29.9 Å². The summed E-state index contributed by atoms with van der Waals surface area (Å²) in [5.74, 6) is -0.0726. The molecule has 2 rings (SSSR count). The number of amides is 1. The molecule has 0 radical (unpaired) electrons. The number of unbranched alkanes of at least 4 members (excludes halogenated alkanes) is 2. The SMILES string of the molecule is O=C(NCCCCCO)c1cnc(-c2ccc(Cl)cc2)[nH]c1=O. The van der Waals surface area contributed by atoms with Crippen LogP contribution in [0.2, 0.25) is 5.02 Å². The van der Waals surface area contributed by atoms with E-state index in [-0.39, 0.29) is 12.2 Å². The molecule has 1 heterocycles. The molecule has 122 valence electrons. The monoisotopic (exact) mass is 335 g/mol. The van der Waals surface area contributed by atoms with Crippen molar-refractivity contribution in [2.75, 3.05) is 13.2 Å². The fourth-order valence-corrected chi connectivity index (χ4v) is 2.15. The van der Waals surface area contributed by atoms with Crippen molar-refractivity contribution < 1.29 is 9.90 Å². The molecule has 0 aliphatic heterocycles. The van der Waals surface area contributed by atoms with Crippen LogP contribution in [0.4, 0.5) is 0 Å². The van der Waals surface area contributed by atoms with Crippen LogP contribution in [0.25, 0.3) is 11.4 Å². The maximum Gasteiger partial charge on any atom is 0.264 e. The van der Waals surface area contributed by atoms with Gasteiger partial charge in [-0.2, -0.15) is 0 Å². The standard InChI is InChI=1S/C16H18ClN3O3/c17-12-6-4-11(5-7-12)14-19-10-13(16(23)20-14)15(22)18-8-2-1-3-9-21/h4-7,10,21H,1-3,8-9H2,(H,18,22)(H,19,20,23). The molecule has 1 aromatic carbocycles. The van der Waals surface area contributed by atoms with Gasteiger partial charge in [-0.3, -0.25) is 9.59 Å². The summed E-state index contributed by atoms with van der Waals surface area (Å²) in [4.78, 5) is 30.7. The lowest BCUT2D eigenvalue weighted by Gasteiger charge is -2.05. The fourth-order valence-electron chi connectivity index (χ4n) is 2.02. The van der Waals surface area contributed by atoms with Crippen molar-refractivity contribution in [2.24, 2.45) is 0 Å². The number of hydrogen-bond donors (Lipinski definition) is 3. The van der Waals surface area contributed by atoms with E-state index in [1.54, 1.807) is 24.3 Å². The summed E-state index contributed by atoms with van der Waals surface area (Å²) in [7, 11) is 0. The van der Waals surface area contributed by atoms with Crippen molar-refractivity contribution in [3.05, 3.63) is 51.4 Å². The predicted octanol–water partition coefficient (Wildman–Crippen LogP) is 1.98. The van der Waals surface area contributed by atoms with Crippen molar-refractivity contribution in [1.82, 2.24) is 15.3 Å². The maximum absolute atomic E-state index is 12.0. The molecule has 6 nitrogen and oxygen atoms in total. The molecule has 2 aromatic rings. The van der Waals surface area contributed by atoms with Crippen molar-refractivity contribution >= 4 is 17.5 Å². The van der Waals surface area contributed by atoms with Crippen LogP contribution in [0.15, 0.2) is 35.3 Å². The molecule has 23 heavy (non-hydrogen) atoms. The van der Waals surface area contributed by atoms with Gasteiger partial charge in [0.05, 0.1) is 0 Å². The molecule has 0 spiro atoms. The number of halogens is 1. The zero-order valence-electron chi connectivity index (χ0n) is 12.5. The van der Waals surface area contributed by atoms with Crippen molar-refractivity contribution in [3.8, 4) is 11.4 Å². The number of aromatic amines is 1. The Bertz CT molecular complexity index is 713. The Morgan fingerprint density at radius 1 is 1.22 bits per heavy atom. The summed E-state index contributed by atoms with van der Waals surface area (Å²) in [6.07, 6.45) is 3.54. The van der Waals surface area contributed by atoms with Crippen LogP contribution in [0.3, 0.4) is 0 Å². The Morgan fingerprint density at radius 2 is 1.96 bits per heavy atom. The minimum atomic E-state index is -0.488. The summed E-state index contributed by atoms with van der Waals surface area (Å²) in [6, 6.07) is 6.87. The van der Waals surface area contributed by atoms with E-state index >= 15 is 0 Å². The molecule has 0 bridgehead atoms. The van der Waals surface area contributed by atoms with Crippen LogP contribution in [0, 0.1) is 0 Å². The van der Waals surface area contributed by atoms with Gasteiger partial charge in [0.1, 0.15) is 11.4 Å². The van der Waals surface area contributed by atoms with E-state index in [4.69, 9.17) is 16.7 Å². The number of aliphatic hydroxyl groups excluding tert-OH is 1. The van der Waals surface area contributed by atoms with Crippen molar-refractivity contribution in [2.45, 2.75) is 19.3 Å². The van der Waals surface area contributed by atoms with Gasteiger partial charge in [0.2, 0.25) is 0 Å². The number of carbonyl (C=O) groups is 1. The Balaban J connectivity index is 2.03. The highest BCUT2D eigenvalue weighted by Crippen LogP contribution is 2.16. The highest BCUT2D eigenvalue weighted by Gasteiger charge is 2.12. The molecular weight excluding hydrogens is 318 g/mol. The number of aromatic nitrogens is 2. The smallest absolute Gasteiger partial charge is 0.264 e. The lowest BCUT2D eigenvalue weighted by Crippen LogP contribution is -2.30. The van der Waals surface area contributed by atoms with Crippen LogP contribution < -0.4 is 10.9 Å². The molecule has 3 N–H and O–H groups in total. The highest BCUT2D eigenvalue weighted by atomic mass is 35.5. The molecule has 0 atom stereocenters. The minimum Gasteiger partial charge on any atom is -0.396 e. The van der Waals surface area contributed by atoms with Gasteiger partial charge in [-0.25, -0.2) is 4.98 Å². The Morgan fingerprint density at radius 3 is 2.61 bits per heavy atom. The molecule has 0 saturated heterocycles. The van der Waals surface area contributed by atoms with E-state index in [1.165, 1.54) is 6.20 Å². The second-order valence-corrected chi connectivity index (χ2v) is 5.46. The maximum atomic E-state index is 12.0. The third-order valence-corrected chi connectivity index (χ3v) is 3.53. The van der Waals surface area contributed by atoms with E-state index in [9.17, 15) is 9.59 Å². The minimum absolute atomic E-state index is 0.0233. The quantitative estimate of drug-likeness (QED) is 0.674. The van der Waals surface area contributed by atoms with Gasteiger partial charge in [-0.15, -0.1) is 0 Å². The number of carbonyl (C=O) groups excluding carboxylic acids is 1.